The molecule has 0 spiro atoms. The number of allylic oxidation sites excluding steroid dienone is 2. The topological polar surface area (TPSA) is 100 Å². The zero-order valence-electron chi connectivity index (χ0n) is 9.11. The van der Waals surface area contributed by atoms with Crippen molar-refractivity contribution >= 4 is 17.3 Å². The summed E-state index contributed by atoms with van der Waals surface area (Å²) < 4.78 is 0. The molecule has 0 aliphatic carbocycles. The van der Waals surface area contributed by atoms with Gasteiger partial charge in [-0.05, 0) is 26.0 Å². The average Bonchev–Trinajstić information content (AvgIpc) is 2.17. The third-order valence-electron chi connectivity index (χ3n) is 2.04. The first kappa shape index (κ1) is 11.9. The zero-order chi connectivity index (χ0) is 12.3. The van der Waals surface area contributed by atoms with Crippen molar-refractivity contribution < 1.29 is 9.90 Å². The normalized spacial score (nSPS) is 11.9. The fourth-order valence-corrected chi connectivity index (χ4v) is 1.36. The van der Waals surface area contributed by atoms with Crippen molar-refractivity contribution in [2.75, 3.05) is 0 Å². The van der Waals surface area contributed by atoms with E-state index in [2.05, 4.69) is 4.98 Å². The molecule has 4 N–H and O–H groups in total. The zero-order valence-corrected chi connectivity index (χ0v) is 9.11. The van der Waals surface area contributed by atoms with Crippen LogP contribution in [0.2, 0.25) is 0 Å². The second-order valence-corrected chi connectivity index (χ2v) is 3.42. The number of carbonyl (C=O) groups is 1. The number of nitrogens with two attached hydrogens (primary N) is 1. The molecule has 0 saturated heterocycles. The maximum absolute atomic E-state index is 10.6. The second-order valence-electron chi connectivity index (χ2n) is 3.42. The van der Waals surface area contributed by atoms with E-state index < -0.39 is 5.97 Å². The molecule has 1 aromatic heterocycles. The van der Waals surface area contributed by atoms with Gasteiger partial charge in [0.1, 0.15) is 0 Å². The monoisotopic (exact) mass is 219 g/mol. The van der Waals surface area contributed by atoms with Gasteiger partial charge >= 0.3 is 5.97 Å². The van der Waals surface area contributed by atoms with E-state index in [-0.39, 0.29) is 5.56 Å². The number of carboxylic acids is 1. The summed E-state index contributed by atoms with van der Waals surface area (Å²) in [6.45, 7) is 3.29. The van der Waals surface area contributed by atoms with E-state index in [1.165, 1.54) is 12.3 Å². The van der Waals surface area contributed by atoms with Gasteiger partial charge in [0.05, 0.1) is 11.3 Å². The molecule has 0 saturated carbocycles. The number of carboxylic acid groups (broad SMARTS) is 1. The molecule has 1 aromatic rings. The highest BCUT2D eigenvalue weighted by Crippen LogP contribution is 2.15. The summed E-state index contributed by atoms with van der Waals surface area (Å²) in [5.74, 6) is -1.03. The number of pyridine rings is 1. The number of hydrogen-bond donors (Lipinski definition) is 3. The quantitative estimate of drug-likeness (QED) is 0.671. The Morgan fingerprint density at radius 2 is 2.06 bits per heavy atom. The fraction of sp³-hybridized carbons (Fsp3) is 0.182. The van der Waals surface area contributed by atoms with E-state index in [0.717, 1.165) is 0 Å². The lowest BCUT2D eigenvalue weighted by molar-refractivity contribution is 0.0696. The van der Waals surface area contributed by atoms with E-state index in [4.69, 9.17) is 16.2 Å². The van der Waals surface area contributed by atoms with Gasteiger partial charge in [-0.15, -0.1) is 0 Å². The molecule has 0 radical (unpaired) electrons. The lowest BCUT2D eigenvalue weighted by Crippen LogP contribution is -2.07. The van der Waals surface area contributed by atoms with Gasteiger partial charge in [-0.2, -0.15) is 0 Å². The average molecular weight is 219 g/mol. The van der Waals surface area contributed by atoms with Crippen molar-refractivity contribution in [1.29, 1.82) is 5.41 Å². The predicted octanol–water partition coefficient (Wildman–Crippen LogP) is 1.51. The third-order valence-corrected chi connectivity index (χ3v) is 2.04. The molecule has 0 aliphatic rings. The van der Waals surface area contributed by atoms with Crippen LogP contribution in [0.25, 0.3) is 5.57 Å². The van der Waals surface area contributed by atoms with E-state index in [1.54, 1.807) is 19.9 Å². The Kier molecular flexibility index (Phi) is 3.40. The summed E-state index contributed by atoms with van der Waals surface area (Å²) in [5, 5.41) is 16.3. The van der Waals surface area contributed by atoms with E-state index >= 15 is 0 Å². The highest BCUT2D eigenvalue weighted by Gasteiger charge is 2.10. The minimum atomic E-state index is -1.03. The van der Waals surface area contributed by atoms with Gasteiger partial charge in [-0.3, -0.25) is 4.98 Å². The van der Waals surface area contributed by atoms with Crippen LogP contribution >= 0.6 is 0 Å². The summed E-state index contributed by atoms with van der Waals surface area (Å²) >= 11 is 0. The predicted molar refractivity (Wildman–Crippen MR) is 61.4 cm³/mol. The van der Waals surface area contributed by atoms with Crippen LogP contribution in [0.4, 0.5) is 0 Å². The van der Waals surface area contributed by atoms with Gasteiger partial charge in [0.2, 0.25) is 0 Å². The van der Waals surface area contributed by atoms with Crippen LogP contribution in [0.1, 0.15) is 29.9 Å². The summed E-state index contributed by atoms with van der Waals surface area (Å²) in [7, 11) is 0. The largest absolute Gasteiger partial charge is 0.478 e. The van der Waals surface area contributed by atoms with Crippen LogP contribution in [0.3, 0.4) is 0 Å². The highest BCUT2D eigenvalue weighted by molar-refractivity contribution is 6.21. The number of nitrogens with zero attached hydrogens (tertiary/aromatic N) is 1. The lowest BCUT2D eigenvalue weighted by atomic mass is 10.1. The Morgan fingerprint density at radius 1 is 1.44 bits per heavy atom. The summed E-state index contributed by atoms with van der Waals surface area (Å²) in [4.78, 5) is 14.6. The van der Waals surface area contributed by atoms with Crippen LogP contribution in [0.15, 0.2) is 24.0 Å². The Morgan fingerprint density at radius 3 is 2.38 bits per heavy atom. The number of hydrogen-bond acceptors (Lipinski definition) is 4. The van der Waals surface area contributed by atoms with Gasteiger partial charge in [-0.1, -0.05) is 0 Å². The van der Waals surface area contributed by atoms with E-state index in [9.17, 15) is 4.79 Å². The maximum atomic E-state index is 10.6. The fourth-order valence-electron chi connectivity index (χ4n) is 1.36. The van der Waals surface area contributed by atoms with Crippen molar-refractivity contribution in [3.63, 3.8) is 0 Å². The molecule has 1 heterocycles. The molecule has 1 rings (SSSR count). The molecule has 5 nitrogen and oxygen atoms in total. The first-order valence-corrected chi connectivity index (χ1v) is 4.65. The molecule has 5 heteroatoms. The molecule has 0 atom stereocenters. The number of nitrogens with one attached hydrogen (secondary N) is 1. The molecule has 84 valence electrons. The molecule has 0 bridgehead atoms. The summed E-state index contributed by atoms with van der Waals surface area (Å²) in [6.07, 6.45) is 1.25. The Labute approximate surface area is 93.1 Å². The Bertz CT molecular complexity index is 457. The van der Waals surface area contributed by atoms with Gasteiger partial charge < -0.3 is 16.2 Å². The van der Waals surface area contributed by atoms with Gasteiger partial charge in [-0.25, -0.2) is 4.79 Å². The Balaban J connectivity index is 3.20. The summed E-state index contributed by atoms with van der Waals surface area (Å²) in [5.41, 5.74) is 7.60. The van der Waals surface area contributed by atoms with Crippen LogP contribution in [-0.2, 0) is 0 Å². The van der Waals surface area contributed by atoms with Gasteiger partial charge in [0, 0.05) is 23.2 Å². The van der Waals surface area contributed by atoms with Gasteiger partial charge in [0.15, 0.2) is 0 Å². The van der Waals surface area contributed by atoms with Crippen molar-refractivity contribution in [1.82, 2.24) is 4.98 Å². The van der Waals surface area contributed by atoms with Crippen molar-refractivity contribution in [2.45, 2.75) is 13.8 Å². The van der Waals surface area contributed by atoms with E-state index in [0.29, 0.717) is 22.7 Å². The Hall–Kier alpha value is -2.17. The smallest absolute Gasteiger partial charge is 0.337 e. The molecule has 0 unspecified atom stereocenters. The first-order chi connectivity index (χ1) is 7.43. The molecular weight excluding hydrogens is 206 g/mol. The summed E-state index contributed by atoms with van der Waals surface area (Å²) in [6, 6.07) is 2.99. The standard InChI is InChI=1S/C11H13N3O2/c1-6(12)10(7(2)13)9-4-3-8(5-14-9)11(15)16/h3-5,12H,13H2,1-2H3,(H,15,16)/b10-7+,12-6?. The third kappa shape index (κ3) is 2.44. The molecule has 16 heavy (non-hydrogen) atoms. The lowest BCUT2D eigenvalue weighted by Gasteiger charge is -2.07. The minimum Gasteiger partial charge on any atom is -0.478 e. The van der Waals surface area contributed by atoms with Crippen molar-refractivity contribution in [3.8, 4) is 0 Å². The van der Waals surface area contributed by atoms with Crippen LogP contribution in [0.5, 0.6) is 0 Å². The highest BCUT2D eigenvalue weighted by atomic mass is 16.4. The second kappa shape index (κ2) is 4.57. The van der Waals surface area contributed by atoms with Crippen molar-refractivity contribution in [2.24, 2.45) is 5.73 Å². The minimum absolute atomic E-state index is 0.111. The molecular formula is C11H13N3O2. The SMILES string of the molecule is CC(=N)/C(=C(/C)N)c1ccc(C(=O)O)cn1. The maximum Gasteiger partial charge on any atom is 0.337 e. The van der Waals surface area contributed by atoms with E-state index in [1.807, 2.05) is 0 Å². The molecule has 0 fully saturated rings. The number of aromatic carboxylic acids is 1. The molecule has 0 aliphatic heterocycles. The first-order valence-electron chi connectivity index (χ1n) is 4.65. The number of rotatable bonds is 3. The van der Waals surface area contributed by atoms with Crippen molar-refractivity contribution in [3.05, 3.63) is 35.3 Å². The van der Waals surface area contributed by atoms with Crippen LogP contribution in [0, 0.1) is 5.41 Å². The van der Waals surface area contributed by atoms with Crippen LogP contribution < -0.4 is 5.73 Å². The molecule has 0 amide bonds. The number of aromatic nitrogens is 1. The van der Waals surface area contributed by atoms with Gasteiger partial charge in [0.25, 0.3) is 0 Å². The molecule has 0 aromatic carbocycles. The van der Waals surface area contributed by atoms with Crippen LogP contribution in [-0.4, -0.2) is 21.8 Å².